The number of benzene rings is 2. The first-order valence-corrected chi connectivity index (χ1v) is 7.98. The smallest absolute Gasteiger partial charge is 0.337 e. The second kappa shape index (κ2) is 7.17. The van der Waals surface area contributed by atoms with Gasteiger partial charge < -0.3 is 15.0 Å². The van der Waals surface area contributed by atoms with E-state index in [1.54, 1.807) is 24.3 Å². The van der Waals surface area contributed by atoms with Gasteiger partial charge in [0.1, 0.15) is 0 Å². The number of hydrogen-bond acceptors (Lipinski definition) is 4. The standard InChI is InChI=1S/C19H20N2O3/c1-24-19(23)15-7-4-9-16(12-15)20-18(22)13-21-11-5-8-14-6-2-3-10-17(14)21/h2-4,6-7,9-10,12H,5,8,11,13H2,1H3,(H,20,22). The number of esters is 1. The molecule has 0 saturated heterocycles. The predicted octanol–water partition coefficient (Wildman–Crippen LogP) is 2.86. The largest absolute Gasteiger partial charge is 0.465 e. The molecule has 0 atom stereocenters. The maximum Gasteiger partial charge on any atom is 0.337 e. The van der Waals surface area contributed by atoms with E-state index in [-0.39, 0.29) is 5.91 Å². The van der Waals surface area contributed by atoms with Gasteiger partial charge in [-0.05, 0) is 42.7 Å². The number of methoxy groups -OCH3 is 1. The molecule has 1 aliphatic rings. The summed E-state index contributed by atoms with van der Waals surface area (Å²) >= 11 is 0. The number of carbonyl (C=O) groups is 2. The highest BCUT2D eigenvalue weighted by Crippen LogP contribution is 2.26. The summed E-state index contributed by atoms with van der Waals surface area (Å²) in [5.74, 6) is -0.523. The zero-order valence-electron chi connectivity index (χ0n) is 13.6. The number of anilines is 2. The van der Waals surface area contributed by atoms with Gasteiger partial charge in [0, 0.05) is 17.9 Å². The molecule has 1 N–H and O–H groups in total. The average Bonchev–Trinajstić information content (AvgIpc) is 2.61. The third-order valence-corrected chi connectivity index (χ3v) is 4.11. The minimum atomic E-state index is -0.420. The Morgan fingerprint density at radius 2 is 2.00 bits per heavy atom. The molecule has 1 amide bonds. The molecule has 0 spiro atoms. The van der Waals surface area contributed by atoms with Crippen molar-refractivity contribution in [3.63, 3.8) is 0 Å². The average molecular weight is 324 g/mol. The van der Waals surface area contributed by atoms with Crippen LogP contribution in [0.15, 0.2) is 48.5 Å². The topological polar surface area (TPSA) is 58.6 Å². The van der Waals surface area contributed by atoms with Gasteiger partial charge in [-0.15, -0.1) is 0 Å². The molecule has 5 heteroatoms. The molecule has 124 valence electrons. The molecule has 0 bridgehead atoms. The van der Waals surface area contributed by atoms with E-state index in [2.05, 4.69) is 22.3 Å². The summed E-state index contributed by atoms with van der Waals surface area (Å²) in [5.41, 5.74) is 3.42. The van der Waals surface area contributed by atoms with Gasteiger partial charge in [-0.2, -0.15) is 0 Å². The Kier molecular flexibility index (Phi) is 4.79. The fourth-order valence-corrected chi connectivity index (χ4v) is 2.99. The Labute approximate surface area is 141 Å². The predicted molar refractivity (Wildman–Crippen MR) is 93.4 cm³/mol. The third kappa shape index (κ3) is 3.56. The van der Waals surface area contributed by atoms with Crippen molar-refractivity contribution in [2.75, 3.05) is 30.4 Å². The second-order valence-electron chi connectivity index (χ2n) is 5.77. The van der Waals surface area contributed by atoms with Gasteiger partial charge in [0.05, 0.1) is 19.2 Å². The van der Waals surface area contributed by atoms with E-state index in [4.69, 9.17) is 4.74 Å². The van der Waals surface area contributed by atoms with Gasteiger partial charge in [0.2, 0.25) is 5.91 Å². The van der Waals surface area contributed by atoms with Crippen LogP contribution in [0, 0.1) is 0 Å². The molecule has 1 heterocycles. The quantitative estimate of drug-likeness (QED) is 0.879. The lowest BCUT2D eigenvalue weighted by molar-refractivity contribution is -0.115. The first kappa shape index (κ1) is 16.1. The van der Waals surface area contributed by atoms with E-state index in [0.717, 1.165) is 25.1 Å². The Morgan fingerprint density at radius 1 is 1.17 bits per heavy atom. The number of ether oxygens (including phenoxy) is 1. The van der Waals surface area contributed by atoms with Crippen LogP contribution in [0.25, 0.3) is 0 Å². The molecular formula is C19H20N2O3. The highest BCUT2D eigenvalue weighted by atomic mass is 16.5. The summed E-state index contributed by atoms with van der Waals surface area (Å²) in [4.78, 5) is 26.0. The number of amides is 1. The molecule has 1 aliphatic heterocycles. The van der Waals surface area contributed by atoms with Gasteiger partial charge >= 0.3 is 5.97 Å². The maximum absolute atomic E-state index is 12.4. The number of hydrogen-bond donors (Lipinski definition) is 1. The van der Waals surface area contributed by atoms with E-state index >= 15 is 0 Å². The van der Waals surface area contributed by atoms with Crippen LogP contribution in [-0.2, 0) is 16.0 Å². The molecule has 2 aromatic rings. The lowest BCUT2D eigenvalue weighted by Gasteiger charge is -2.30. The highest BCUT2D eigenvalue weighted by Gasteiger charge is 2.18. The van der Waals surface area contributed by atoms with Crippen LogP contribution in [0.2, 0.25) is 0 Å². The van der Waals surface area contributed by atoms with Crippen molar-refractivity contribution < 1.29 is 14.3 Å². The van der Waals surface area contributed by atoms with Crippen LogP contribution >= 0.6 is 0 Å². The molecule has 0 aliphatic carbocycles. The van der Waals surface area contributed by atoms with Gasteiger partial charge in [0.25, 0.3) is 0 Å². The molecule has 0 saturated carbocycles. The van der Waals surface area contributed by atoms with Crippen LogP contribution in [0.4, 0.5) is 11.4 Å². The monoisotopic (exact) mass is 324 g/mol. The van der Waals surface area contributed by atoms with Crippen LogP contribution in [0.1, 0.15) is 22.3 Å². The highest BCUT2D eigenvalue weighted by molar-refractivity contribution is 5.96. The molecule has 5 nitrogen and oxygen atoms in total. The summed E-state index contributed by atoms with van der Waals surface area (Å²) in [6.45, 7) is 1.16. The summed E-state index contributed by atoms with van der Waals surface area (Å²) in [5, 5.41) is 2.85. The van der Waals surface area contributed by atoms with Gasteiger partial charge in [-0.25, -0.2) is 4.79 Å². The van der Waals surface area contributed by atoms with E-state index in [9.17, 15) is 9.59 Å². The van der Waals surface area contributed by atoms with Crippen molar-refractivity contribution in [3.8, 4) is 0 Å². The van der Waals surface area contributed by atoms with E-state index in [0.29, 0.717) is 17.8 Å². The Morgan fingerprint density at radius 3 is 2.83 bits per heavy atom. The SMILES string of the molecule is COC(=O)c1cccc(NC(=O)CN2CCCc3ccccc32)c1. The Balaban J connectivity index is 1.68. The Hall–Kier alpha value is -2.82. The minimum absolute atomic E-state index is 0.103. The first-order chi connectivity index (χ1) is 11.7. The summed E-state index contributed by atoms with van der Waals surface area (Å²) in [6.07, 6.45) is 2.09. The van der Waals surface area contributed by atoms with Crippen molar-refractivity contribution in [3.05, 3.63) is 59.7 Å². The van der Waals surface area contributed by atoms with Crippen LogP contribution in [-0.4, -0.2) is 32.1 Å². The number of nitrogens with zero attached hydrogens (tertiary/aromatic N) is 1. The van der Waals surface area contributed by atoms with Crippen LogP contribution in [0.5, 0.6) is 0 Å². The van der Waals surface area contributed by atoms with Gasteiger partial charge in [-0.3, -0.25) is 4.79 Å². The van der Waals surface area contributed by atoms with Gasteiger partial charge in [-0.1, -0.05) is 24.3 Å². The summed E-state index contributed by atoms with van der Waals surface area (Å²) < 4.78 is 4.70. The molecule has 24 heavy (non-hydrogen) atoms. The number of fused-ring (bicyclic) bond motifs is 1. The van der Waals surface area contributed by atoms with Crippen LogP contribution < -0.4 is 10.2 Å². The van der Waals surface area contributed by atoms with Crippen LogP contribution in [0.3, 0.4) is 0 Å². The Bertz CT molecular complexity index is 758. The molecule has 0 fully saturated rings. The minimum Gasteiger partial charge on any atom is -0.465 e. The first-order valence-electron chi connectivity index (χ1n) is 7.98. The summed E-state index contributed by atoms with van der Waals surface area (Å²) in [7, 11) is 1.33. The number of rotatable bonds is 4. The third-order valence-electron chi connectivity index (χ3n) is 4.11. The lowest BCUT2D eigenvalue weighted by atomic mass is 10.0. The van der Waals surface area contributed by atoms with E-state index in [1.807, 2.05) is 12.1 Å². The van der Waals surface area contributed by atoms with Crippen molar-refractivity contribution in [2.24, 2.45) is 0 Å². The van der Waals surface area contributed by atoms with E-state index in [1.165, 1.54) is 12.7 Å². The van der Waals surface area contributed by atoms with Gasteiger partial charge in [0.15, 0.2) is 0 Å². The normalized spacial score (nSPS) is 13.1. The zero-order valence-corrected chi connectivity index (χ0v) is 13.6. The van der Waals surface area contributed by atoms with Crippen molar-refractivity contribution in [2.45, 2.75) is 12.8 Å². The van der Waals surface area contributed by atoms with E-state index < -0.39 is 5.97 Å². The molecule has 0 aromatic heterocycles. The second-order valence-corrected chi connectivity index (χ2v) is 5.77. The lowest BCUT2D eigenvalue weighted by Crippen LogP contribution is -2.36. The van der Waals surface area contributed by atoms with Crippen molar-refractivity contribution in [1.82, 2.24) is 0 Å². The van der Waals surface area contributed by atoms with Crippen molar-refractivity contribution >= 4 is 23.3 Å². The molecule has 3 rings (SSSR count). The molecular weight excluding hydrogens is 304 g/mol. The summed E-state index contributed by atoms with van der Waals surface area (Å²) in [6, 6.07) is 14.9. The number of para-hydroxylation sites is 1. The fourth-order valence-electron chi connectivity index (χ4n) is 2.99. The van der Waals surface area contributed by atoms with Crippen molar-refractivity contribution in [1.29, 1.82) is 0 Å². The zero-order chi connectivity index (χ0) is 16.9. The molecule has 2 aromatic carbocycles. The number of nitrogens with one attached hydrogen (secondary N) is 1. The maximum atomic E-state index is 12.4. The molecule has 0 unspecified atom stereocenters. The molecule has 0 radical (unpaired) electrons. The fraction of sp³-hybridized carbons (Fsp3) is 0.263. The number of aryl methyl sites for hydroxylation is 1. The number of carbonyl (C=O) groups excluding carboxylic acids is 2.